The van der Waals surface area contributed by atoms with Crippen molar-refractivity contribution in [2.24, 2.45) is 11.8 Å². The molecule has 0 aliphatic rings. The summed E-state index contributed by atoms with van der Waals surface area (Å²) >= 11 is 0. The summed E-state index contributed by atoms with van der Waals surface area (Å²) in [4.78, 5) is 22.5. The van der Waals surface area contributed by atoms with Gasteiger partial charge in [-0.25, -0.2) is 0 Å². The summed E-state index contributed by atoms with van der Waals surface area (Å²) in [6.07, 6.45) is 2.64. The molecule has 0 saturated carbocycles. The number of aliphatic carboxylic acids is 1. The summed E-state index contributed by atoms with van der Waals surface area (Å²) in [7, 11) is 1.30. The van der Waals surface area contributed by atoms with Crippen LogP contribution in [0.2, 0.25) is 0 Å². The largest absolute Gasteiger partial charge is 0.481 e. The van der Waals surface area contributed by atoms with Crippen LogP contribution < -0.4 is 0 Å². The molecule has 0 aromatic carbocycles. The first-order chi connectivity index (χ1) is 7.08. The van der Waals surface area contributed by atoms with Crippen molar-refractivity contribution < 1.29 is 19.4 Å². The molecule has 0 bridgehead atoms. The molecule has 2 atom stereocenters. The van der Waals surface area contributed by atoms with Gasteiger partial charge in [0, 0.05) is 0 Å². The van der Waals surface area contributed by atoms with Crippen LogP contribution in [0.25, 0.3) is 0 Å². The smallest absolute Gasteiger partial charge is 0.309 e. The number of carbonyl (C=O) groups excluding carboxylic acids is 1. The average molecular weight is 216 g/mol. The van der Waals surface area contributed by atoms with Crippen molar-refractivity contribution in [2.45, 2.75) is 39.5 Å². The van der Waals surface area contributed by atoms with Crippen LogP contribution in [0.15, 0.2) is 0 Å². The van der Waals surface area contributed by atoms with Crippen LogP contribution in [-0.2, 0) is 14.3 Å². The van der Waals surface area contributed by atoms with Crippen LogP contribution in [0.4, 0.5) is 0 Å². The molecule has 0 radical (unpaired) electrons. The Hall–Kier alpha value is -1.06. The molecular weight excluding hydrogens is 196 g/mol. The predicted octanol–water partition coefficient (Wildman–Crippen LogP) is 2.08. The lowest BCUT2D eigenvalue weighted by Crippen LogP contribution is -2.30. The number of hydrogen-bond acceptors (Lipinski definition) is 3. The van der Waals surface area contributed by atoms with Crippen molar-refractivity contribution in [1.29, 1.82) is 0 Å². The minimum atomic E-state index is -0.902. The monoisotopic (exact) mass is 216 g/mol. The van der Waals surface area contributed by atoms with E-state index in [-0.39, 0.29) is 0 Å². The number of rotatable bonds is 7. The Morgan fingerprint density at radius 1 is 1.13 bits per heavy atom. The number of ether oxygens (including phenoxy) is 1. The van der Waals surface area contributed by atoms with E-state index in [0.717, 1.165) is 12.8 Å². The normalized spacial score (nSPS) is 14.3. The molecule has 0 aromatic heterocycles. The molecule has 0 aliphatic heterocycles. The van der Waals surface area contributed by atoms with Crippen LogP contribution in [-0.4, -0.2) is 24.2 Å². The fourth-order valence-corrected chi connectivity index (χ4v) is 1.75. The van der Waals surface area contributed by atoms with E-state index in [1.54, 1.807) is 0 Å². The van der Waals surface area contributed by atoms with Gasteiger partial charge in [-0.1, -0.05) is 26.7 Å². The number of esters is 1. The first kappa shape index (κ1) is 13.9. The molecule has 0 spiro atoms. The number of carboxylic acids is 1. The average Bonchev–Trinajstić information content (AvgIpc) is 2.21. The Balaban J connectivity index is 4.66. The zero-order valence-corrected chi connectivity index (χ0v) is 9.66. The van der Waals surface area contributed by atoms with Gasteiger partial charge in [0.25, 0.3) is 0 Å². The van der Waals surface area contributed by atoms with Crippen LogP contribution >= 0.6 is 0 Å². The van der Waals surface area contributed by atoms with E-state index in [9.17, 15) is 9.59 Å². The molecule has 0 rings (SSSR count). The van der Waals surface area contributed by atoms with E-state index in [0.29, 0.717) is 12.8 Å². The van der Waals surface area contributed by atoms with Crippen LogP contribution in [0.1, 0.15) is 39.5 Å². The maximum Gasteiger partial charge on any atom is 0.309 e. The second kappa shape index (κ2) is 7.26. The molecule has 4 nitrogen and oxygen atoms in total. The number of carboxylic acid groups (broad SMARTS) is 1. The maximum absolute atomic E-state index is 11.4. The van der Waals surface area contributed by atoms with Gasteiger partial charge in [-0.2, -0.15) is 0 Å². The minimum Gasteiger partial charge on any atom is -0.481 e. The number of methoxy groups -OCH3 is 1. The molecule has 4 heteroatoms. The lowest BCUT2D eigenvalue weighted by atomic mass is 9.85. The highest BCUT2D eigenvalue weighted by Crippen LogP contribution is 2.24. The van der Waals surface area contributed by atoms with E-state index < -0.39 is 23.8 Å². The second-order valence-electron chi connectivity index (χ2n) is 3.65. The summed E-state index contributed by atoms with van der Waals surface area (Å²) in [5, 5.41) is 9.04. The zero-order valence-electron chi connectivity index (χ0n) is 9.66. The zero-order chi connectivity index (χ0) is 11.8. The lowest BCUT2D eigenvalue weighted by molar-refractivity contribution is -0.156. The predicted molar refractivity (Wildman–Crippen MR) is 56.4 cm³/mol. The van der Waals surface area contributed by atoms with Gasteiger partial charge >= 0.3 is 11.9 Å². The van der Waals surface area contributed by atoms with Gasteiger partial charge in [0.2, 0.25) is 0 Å². The Labute approximate surface area is 90.6 Å². The van der Waals surface area contributed by atoms with Crippen LogP contribution in [0, 0.1) is 11.8 Å². The summed E-state index contributed by atoms with van der Waals surface area (Å²) in [6, 6.07) is 0. The first-order valence-electron chi connectivity index (χ1n) is 5.39. The highest BCUT2D eigenvalue weighted by Gasteiger charge is 2.32. The molecule has 0 fully saturated rings. The van der Waals surface area contributed by atoms with Gasteiger partial charge in [-0.05, 0) is 12.8 Å². The van der Waals surface area contributed by atoms with E-state index in [4.69, 9.17) is 5.11 Å². The fraction of sp³-hybridized carbons (Fsp3) is 0.818. The summed E-state index contributed by atoms with van der Waals surface area (Å²) in [6.45, 7) is 3.84. The maximum atomic E-state index is 11.4. The quantitative estimate of drug-likeness (QED) is 0.662. The number of carbonyl (C=O) groups is 2. The van der Waals surface area contributed by atoms with Crippen molar-refractivity contribution in [3.8, 4) is 0 Å². The van der Waals surface area contributed by atoms with Gasteiger partial charge in [-0.15, -0.1) is 0 Å². The van der Waals surface area contributed by atoms with Crippen molar-refractivity contribution >= 4 is 11.9 Å². The Morgan fingerprint density at radius 3 is 1.93 bits per heavy atom. The van der Waals surface area contributed by atoms with Crippen molar-refractivity contribution in [3.63, 3.8) is 0 Å². The Bertz CT molecular complexity index is 213. The standard InChI is InChI=1S/C11H20O4/c1-4-6-8(10(12)13)9(7-5-2)11(14)15-3/h8-9H,4-7H2,1-3H3,(H,12,13)/t8-,9+/m1/s1. The molecule has 0 amide bonds. The van der Waals surface area contributed by atoms with Crippen LogP contribution in [0.5, 0.6) is 0 Å². The van der Waals surface area contributed by atoms with Gasteiger partial charge in [-0.3, -0.25) is 9.59 Å². The molecule has 0 unspecified atom stereocenters. The van der Waals surface area contributed by atoms with Crippen LogP contribution in [0.3, 0.4) is 0 Å². The fourth-order valence-electron chi connectivity index (χ4n) is 1.75. The van der Waals surface area contributed by atoms with Gasteiger partial charge in [0.1, 0.15) is 0 Å². The topological polar surface area (TPSA) is 63.6 Å². The van der Waals surface area contributed by atoms with Crippen molar-refractivity contribution in [2.75, 3.05) is 7.11 Å². The molecular formula is C11H20O4. The summed E-state index contributed by atoms with van der Waals surface area (Å²) in [5.74, 6) is -2.42. The van der Waals surface area contributed by atoms with Crippen molar-refractivity contribution in [3.05, 3.63) is 0 Å². The molecule has 1 N–H and O–H groups in total. The Morgan fingerprint density at radius 2 is 1.60 bits per heavy atom. The van der Waals surface area contributed by atoms with E-state index in [1.165, 1.54) is 7.11 Å². The highest BCUT2D eigenvalue weighted by molar-refractivity contribution is 5.80. The Kier molecular flexibility index (Phi) is 6.75. The first-order valence-corrected chi connectivity index (χ1v) is 5.39. The third-order valence-electron chi connectivity index (χ3n) is 2.51. The van der Waals surface area contributed by atoms with Gasteiger partial charge in [0.15, 0.2) is 0 Å². The highest BCUT2D eigenvalue weighted by atomic mass is 16.5. The second-order valence-corrected chi connectivity index (χ2v) is 3.65. The minimum absolute atomic E-state index is 0.405. The van der Waals surface area contributed by atoms with Gasteiger partial charge in [0.05, 0.1) is 18.9 Å². The molecule has 0 saturated heterocycles. The number of hydrogen-bond donors (Lipinski definition) is 1. The molecule has 0 aliphatic carbocycles. The molecule has 15 heavy (non-hydrogen) atoms. The van der Waals surface area contributed by atoms with E-state index in [1.807, 2.05) is 13.8 Å². The SMILES string of the molecule is CCC[C@H](C(=O)OC)[C@@H](CCC)C(=O)O. The van der Waals surface area contributed by atoms with E-state index in [2.05, 4.69) is 4.74 Å². The molecule has 88 valence electrons. The van der Waals surface area contributed by atoms with Crippen molar-refractivity contribution in [1.82, 2.24) is 0 Å². The van der Waals surface area contributed by atoms with Gasteiger partial charge < -0.3 is 9.84 Å². The van der Waals surface area contributed by atoms with E-state index >= 15 is 0 Å². The molecule has 0 heterocycles. The summed E-state index contributed by atoms with van der Waals surface area (Å²) in [5.41, 5.74) is 0. The third-order valence-corrected chi connectivity index (χ3v) is 2.51. The summed E-state index contributed by atoms with van der Waals surface area (Å²) < 4.78 is 4.64. The third kappa shape index (κ3) is 4.32. The lowest BCUT2D eigenvalue weighted by Gasteiger charge is -2.20. The molecule has 0 aromatic rings.